The highest BCUT2D eigenvalue weighted by molar-refractivity contribution is 9.10. The van der Waals surface area contributed by atoms with E-state index in [1.165, 1.54) is 14.2 Å². The van der Waals surface area contributed by atoms with E-state index in [0.717, 1.165) is 0 Å². The molecular weight excluding hydrogens is 262 g/mol. The molecule has 0 atom stereocenters. The Morgan fingerprint density at radius 2 is 2.07 bits per heavy atom. The van der Waals surface area contributed by atoms with E-state index in [-0.39, 0.29) is 12.3 Å². The van der Waals surface area contributed by atoms with Crippen LogP contribution in [0.15, 0.2) is 16.6 Å². The van der Waals surface area contributed by atoms with Crippen molar-refractivity contribution in [3.63, 3.8) is 0 Å². The summed E-state index contributed by atoms with van der Waals surface area (Å²) in [6.07, 6.45) is 0. The molecule has 4 nitrogen and oxygen atoms in total. The van der Waals surface area contributed by atoms with Gasteiger partial charge in [0, 0.05) is 4.47 Å². The maximum Gasteiger partial charge on any atom is 0.181 e. The third-order valence-corrected chi connectivity index (χ3v) is 2.62. The van der Waals surface area contributed by atoms with Gasteiger partial charge in [0.1, 0.15) is 0 Å². The van der Waals surface area contributed by atoms with Crippen LogP contribution in [0.5, 0.6) is 11.5 Å². The average molecular weight is 274 g/mol. The highest BCUT2D eigenvalue weighted by Crippen LogP contribution is 2.35. The predicted octanol–water partition coefficient (Wildman–Crippen LogP) is 1.61. The Labute approximate surface area is 96.5 Å². The minimum Gasteiger partial charge on any atom is -0.493 e. The Morgan fingerprint density at radius 1 is 1.40 bits per heavy atom. The lowest BCUT2D eigenvalue weighted by Crippen LogP contribution is -2.15. The summed E-state index contributed by atoms with van der Waals surface area (Å²) in [5.74, 6) is 0.720. The number of hydrogen-bond acceptors (Lipinski definition) is 4. The highest BCUT2D eigenvalue weighted by Gasteiger charge is 2.18. The molecule has 0 spiro atoms. The number of rotatable bonds is 4. The highest BCUT2D eigenvalue weighted by atomic mass is 79.9. The van der Waals surface area contributed by atoms with Crippen molar-refractivity contribution in [2.45, 2.75) is 0 Å². The van der Waals surface area contributed by atoms with Crippen molar-refractivity contribution >= 4 is 21.7 Å². The first-order chi connectivity index (χ1) is 7.15. The molecule has 2 N–H and O–H groups in total. The number of halogens is 1. The van der Waals surface area contributed by atoms with Crippen LogP contribution >= 0.6 is 15.9 Å². The average Bonchev–Trinajstić information content (AvgIpc) is 2.27. The molecule has 0 bridgehead atoms. The molecule has 5 heteroatoms. The molecule has 0 heterocycles. The van der Waals surface area contributed by atoms with Crippen LogP contribution in [0.1, 0.15) is 10.4 Å². The summed E-state index contributed by atoms with van der Waals surface area (Å²) < 4.78 is 10.9. The standard InChI is InChI=1S/C10H12BrNO3/c1-14-8-4-3-6(11)9(7(13)5-12)10(8)15-2/h3-4H,5,12H2,1-2H3. The van der Waals surface area contributed by atoms with E-state index in [9.17, 15) is 4.79 Å². The fourth-order valence-electron chi connectivity index (χ4n) is 1.26. The molecule has 0 saturated heterocycles. The van der Waals surface area contributed by atoms with Crippen LogP contribution < -0.4 is 15.2 Å². The second-order valence-electron chi connectivity index (χ2n) is 2.79. The van der Waals surface area contributed by atoms with Crippen molar-refractivity contribution < 1.29 is 14.3 Å². The number of carbonyl (C=O) groups is 1. The summed E-state index contributed by atoms with van der Waals surface area (Å²) in [7, 11) is 3.00. The first kappa shape index (κ1) is 12.0. The SMILES string of the molecule is COc1ccc(Br)c(C(=O)CN)c1OC. The van der Waals surface area contributed by atoms with Gasteiger partial charge in [-0.1, -0.05) is 0 Å². The Morgan fingerprint density at radius 3 is 2.53 bits per heavy atom. The van der Waals surface area contributed by atoms with Crippen LogP contribution in [0.25, 0.3) is 0 Å². The van der Waals surface area contributed by atoms with E-state index in [1.54, 1.807) is 12.1 Å². The maximum atomic E-state index is 11.6. The van der Waals surface area contributed by atoms with Gasteiger partial charge in [0.05, 0.1) is 26.3 Å². The molecule has 82 valence electrons. The zero-order valence-electron chi connectivity index (χ0n) is 8.54. The zero-order valence-corrected chi connectivity index (χ0v) is 10.1. The predicted molar refractivity (Wildman–Crippen MR) is 60.6 cm³/mol. The third kappa shape index (κ3) is 2.30. The smallest absolute Gasteiger partial charge is 0.181 e. The van der Waals surface area contributed by atoms with Gasteiger partial charge in [-0.15, -0.1) is 0 Å². The summed E-state index contributed by atoms with van der Waals surface area (Å²) in [6, 6.07) is 3.44. The molecular formula is C10H12BrNO3. The van der Waals surface area contributed by atoms with Gasteiger partial charge in [0.2, 0.25) is 0 Å². The van der Waals surface area contributed by atoms with Crippen molar-refractivity contribution in [3.8, 4) is 11.5 Å². The topological polar surface area (TPSA) is 61.5 Å². The van der Waals surface area contributed by atoms with Gasteiger partial charge in [-0.25, -0.2) is 0 Å². The fraction of sp³-hybridized carbons (Fsp3) is 0.300. The molecule has 1 aromatic rings. The van der Waals surface area contributed by atoms with E-state index in [2.05, 4.69) is 15.9 Å². The van der Waals surface area contributed by atoms with Crippen molar-refractivity contribution in [1.29, 1.82) is 0 Å². The number of nitrogens with two attached hydrogens (primary N) is 1. The van der Waals surface area contributed by atoms with Gasteiger partial charge in [-0.2, -0.15) is 0 Å². The number of ether oxygens (including phenoxy) is 2. The Balaban J connectivity index is 3.38. The third-order valence-electron chi connectivity index (χ3n) is 1.96. The van der Waals surface area contributed by atoms with Gasteiger partial charge in [0.15, 0.2) is 17.3 Å². The van der Waals surface area contributed by atoms with Crippen LogP contribution in [-0.4, -0.2) is 26.5 Å². The summed E-state index contributed by atoms with van der Waals surface area (Å²) >= 11 is 3.28. The first-order valence-corrected chi connectivity index (χ1v) is 5.08. The van der Waals surface area contributed by atoms with Crippen molar-refractivity contribution in [1.82, 2.24) is 0 Å². The molecule has 0 unspecified atom stereocenters. The van der Waals surface area contributed by atoms with Gasteiger partial charge < -0.3 is 15.2 Å². The van der Waals surface area contributed by atoms with Crippen molar-refractivity contribution in [2.75, 3.05) is 20.8 Å². The number of methoxy groups -OCH3 is 2. The second-order valence-corrected chi connectivity index (χ2v) is 3.64. The monoisotopic (exact) mass is 273 g/mol. The van der Waals surface area contributed by atoms with Crippen LogP contribution in [-0.2, 0) is 0 Å². The summed E-state index contributed by atoms with van der Waals surface area (Å²) in [5, 5.41) is 0. The number of hydrogen-bond donors (Lipinski definition) is 1. The van der Waals surface area contributed by atoms with Gasteiger partial charge in [0.25, 0.3) is 0 Å². The maximum absolute atomic E-state index is 11.6. The normalized spacial score (nSPS) is 9.87. The van der Waals surface area contributed by atoms with E-state index in [0.29, 0.717) is 21.5 Å². The van der Waals surface area contributed by atoms with Crippen LogP contribution in [0.2, 0.25) is 0 Å². The van der Waals surface area contributed by atoms with Crippen molar-refractivity contribution in [3.05, 3.63) is 22.2 Å². The molecule has 1 aromatic carbocycles. The number of carbonyl (C=O) groups excluding carboxylic acids is 1. The van der Waals surface area contributed by atoms with Gasteiger partial charge >= 0.3 is 0 Å². The largest absolute Gasteiger partial charge is 0.493 e. The van der Waals surface area contributed by atoms with E-state index >= 15 is 0 Å². The molecule has 15 heavy (non-hydrogen) atoms. The van der Waals surface area contributed by atoms with Gasteiger partial charge in [-0.05, 0) is 28.1 Å². The molecule has 0 aliphatic heterocycles. The van der Waals surface area contributed by atoms with E-state index < -0.39 is 0 Å². The first-order valence-electron chi connectivity index (χ1n) is 4.29. The fourth-order valence-corrected chi connectivity index (χ4v) is 1.80. The second kappa shape index (κ2) is 5.14. The Bertz CT molecular complexity index is 379. The summed E-state index contributed by atoms with van der Waals surface area (Å²) in [5.41, 5.74) is 5.74. The van der Waals surface area contributed by atoms with Crippen LogP contribution in [0.4, 0.5) is 0 Å². The molecule has 0 saturated carbocycles. The molecule has 1 rings (SSSR count). The van der Waals surface area contributed by atoms with Crippen LogP contribution in [0, 0.1) is 0 Å². The quantitative estimate of drug-likeness (QED) is 0.847. The molecule has 0 aromatic heterocycles. The van der Waals surface area contributed by atoms with Crippen molar-refractivity contribution in [2.24, 2.45) is 5.73 Å². The summed E-state index contributed by atoms with van der Waals surface area (Å²) in [4.78, 5) is 11.6. The lowest BCUT2D eigenvalue weighted by molar-refractivity contribution is 0.0997. The Kier molecular flexibility index (Phi) is 4.11. The lowest BCUT2D eigenvalue weighted by atomic mass is 10.1. The Hall–Kier alpha value is -1.07. The summed E-state index contributed by atoms with van der Waals surface area (Å²) in [6.45, 7) is -0.0673. The minimum absolute atomic E-state index is 0.0673. The lowest BCUT2D eigenvalue weighted by Gasteiger charge is -2.12. The number of benzene rings is 1. The van der Waals surface area contributed by atoms with Crippen LogP contribution in [0.3, 0.4) is 0 Å². The minimum atomic E-state index is -0.197. The molecule has 0 radical (unpaired) electrons. The zero-order chi connectivity index (χ0) is 11.4. The number of Topliss-reactive ketones (excluding diaryl/α,β-unsaturated/α-hetero) is 1. The molecule has 0 aliphatic rings. The molecule has 0 aliphatic carbocycles. The van der Waals surface area contributed by atoms with E-state index in [1.807, 2.05) is 0 Å². The number of ketones is 1. The van der Waals surface area contributed by atoms with Gasteiger partial charge in [-0.3, -0.25) is 4.79 Å². The molecule has 0 amide bonds. The molecule has 0 fully saturated rings. The van der Waals surface area contributed by atoms with E-state index in [4.69, 9.17) is 15.2 Å².